The number of amides is 1. The molecular weight excluding hydrogens is 434 g/mol. The molecule has 2 heterocycles. The number of rotatable bonds is 7. The fourth-order valence-corrected chi connectivity index (χ4v) is 4.98. The van der Waals surface area contributed by atoms with Crippen LogP contribution < -0.4 is 9.64 Å². The van der Waals surface area contributed by atoms with Gasteiger partial charge in [0, 0.05) is 31.1 Å². The van der Waals surface area contributed by atoms with Crippen molar-refractivity contribution in [2.75, 3.05) is 18.1 Å². The van der Waals surface area contributed by atoms with Crippen LogP contribution in [-0.4, -0.2) is 28.6 Å². The largest absolute Gasteiger partial charge is 0.494 e. The minimum atomic E-state index is 0.0653. The third-order valence-corrected chi connectivity index (χ3v) is 7.10. The number of para-hydroxylation sites is 2. The van der Waals surface area contributed by atoms with Gasteiger partial charge in [0.2, 0.25) is 5.91 Å². The van der Waals surface area contributed by atoms with Gasteiger partial charge in [-0.15, -0.1) is 0 Å². The van der Waals surface area contributed by atoms with Crippen LogP contribution in [0.3, 0.4) is 0 Å². The molecule has 1 saturated heterocycles. The van der Waals surface area contributed by atoms with Gasteiger partial charge in [-0.25, -0.2) is 4.98 Å². The molecule has 0 aliphatic carbocycles. The van der Waals surface area contributed by atoms with Gasteiger partial charge in [0.1, 0.15) is 11.6 Å². The molecule has 1 atom stereocenters. The van der Waals surface area contributed by atoms with Gasteiger partial charge in [-0.3, -0.25) is 4.79 Å². The molecule has 3 aromatic carbocycles. The predicted molar refractivity (Wildman–Crippen MR) is 141 cm³/mol. The number of hydrogen-bond donors (Lipinski definition) is 0. The highest BCUT2D eigenvalue weighted by atomic mass is 16.5. The van der Waals surface area contributed by atoms with Crippen LogP contribution in [0.5, 0.6) is 5.75 Å². The average Bonchev–Trinajstić information content (AvgIpc) is 3.41. The van der Waals surface area contributed by atoms with E-state index in [9.17, 15) is 4.79 Å². The molecule has 1 aliphatic heterocycles. The summed E-state index contributed by atoms with van der Waals surface area (Å²) < 4.78 is 8.33. The lowest BCUT2D eigenvalue weighted by molar-refractivity contribution is -0.117. The van der Waals surface area contributed by atoms with Crippen LogP contribution in [0.15, 0.2) is 60.7 Å². The summed E-state index contributed by atoms with van der Waals surface area (Å²) in [4.78, 5) is 20.0. The lowest BCUT2D eigenvalue weighted by Gasteiger charge is -2.20. The smallest absolute Gasteiger partial charge is 0.227 e. The highest BCUT2D eigenvalue weighted by Crippen LogP contribution is 2.35. The second kappa shape index (κ2) is 9.57. The molecule has 5 heteroatoms. The minimum Gasteiger partial charge on any atom is -0.494 e. The van der Waals surface area contributed by atoms with Gasteiger partial charge in [-0.05, 0) is 86.7 Å². The van der Waals surface area contributed by atoms with Gasteiger partial charge in [-0.1, -0.05) is 30.3 Å². The number of aryl methyl sites for hydroxylation is 5. The fraction of sp³-hybridized carbons (Fsp3) is 0.333. The van der Waals surface area contributed by atoms with Gasteiger partial charge in [0.25, 0.3) is 0 Å². The standard InChI is InChI=1S/C30H33N3O2/c1-20-10-11-22(3)28(16-20)33-19-24(18-29(33)34)30-31-26-8-5-6-9-27(26)32(30)14-7-15-35-25-13-12-21(2)23(4)17-25/h5-6,8-13,16-17,24H,7,14-15,18-19H2,1-4H3. The van der Waals surface area contributed by atoms with Crippen molar-refractivity contribution in [3.8, 4) is 5.75 Å². The van der Waals surface area contributed by atoms with E-state index in [-0.39, 0.29) is 11.8 Å². The molecule has 0 bridgehead atoms. The number of fused-ring (bicyclic) bond motifs is 1. The van der Waals surface area contributed by atoms with Gasteiger partial charge in [0.15, 0.2) is 0 Å². The van der Waals surface area contributed by atoms with Crippen molar-refractivity contribution in [2.24, 2.45) is 0 Å². The maximum atomic E-state index is 13.1. The van der Waals surface area contributed by atoms with E-state index in [2.05, 4.69) is 80.8 Å². The number of nitrogens with zero attached hydrogens (tertiary/aromatic N) is 3. The van der Waals surface area contributed by atoms with Crippen molar-refractivity contribution in [1.29, 1.82) is 0 Å². The monoisotopic (exact) mass is 467 g/mol. The highest BCUT2D eigenvalue weighted by molar-refractivity contribution is 5.97. The summed E-state index contributed by atoms with van der Waals surface area (Å²) in [5, 5.41) is 0. The number of imidazole rings is 1. The molecule has 0 radical (unpaired) electrons. The molecule has 5 rings (SSSR count). The Morgan fingerprint density at radius 2 is 1.74 bits per heavy atom. The lowest BCUT2D eigenvalue weighted by Crippen LogP contribution is -2.25. The zero-order valence-corrected chi connectivity index (χ0v) is 21.0. The number of carbonyl (C=O) groups excluding carboxylic acids is 1. The van der Waals surface area contributed by atoms with Crippen LogP contribution in [0.25, 0.3) is 11.0 Å². The maximum absolute atomic E-state index is 13.1. The SMILES string of the molecule is Cc1ccc(C)c(N2CC(c3nc4ccccc4n3CCCOc3ccc(C)c(C)c3)CC2=O)c1. The van der Waals surface area contributed by atoms with Crippen LogP contribution in [0.2, 0.25) is 0 Å². The topological polar surface area (TPSA) is 47.4 Å². The van der Waals surface area contributed by atoms with Crippen molar-refractivity contribution < 1.29 is 9.53 Å². The summed E-state index contributed by atoms with van der Waals surface area (Å²) in [5.41, 5.74) is 7.92. The summed E-state index contributed by atoms with van der Waals surface area (Å²) in [6, 6.07) is 20.8. The Morgan fingerprint density at radius 1 is 0.943 bits per heavy atom. The van der Waals surface area contributed by atoms with E-state index in [0.29, 0.717) is 19.6 Å². The first kappa shape index (κ1) is 23.2. The van der Waals surface area contributed by atoms with Crippen molar-refractivity contribution in [2.45, 2.75) is 53.0 Å². The van der Waals surface area contributed by atoms with E-state index in [0.717, 1.165) is 52.4 Å². The molecule has 180 valence electrons. The number of aromatic nitrogens is 2. The van der Waals surface area contributed by atoms with Gasteiger partial charge >= 0.3 is 0 Å². The first-order valence-corrected chi connectivity index (χ1v) is 12.4. The summed E-state index contributed by atoms with van der Waals surface area (Å²) in [6.45, 7) is 10.4. The molecule has 1 aromatic heterocycles. The third kappa shape index (κ3) is 4.68. The number of hydrogen-bond acceptors (Lipinski definition) is 3. The number of carbonyl (C=O) groups is 1. The number of anilines is 1. The molecule has 1 fully saturated rings. The molecule has 0 spiro atoms. The van der Waals surface area contributed by atoms with E-state index in [1.54, 1.807) is 0 Å². The Morgan fingerprint density at radius 3 is 2.57 bits per heavy atom. The Hall–Kier alpha value is -3.60. The van der Waals surface area contributed by atoms with Gasteiger partial charge in [0.05, 0.1) is 17.6 Å². The van der Waals surface area contributed by atoms with E-state index < -0.39 is 0 Å². The summed E-state index contributed by atoms with van der Waals surface area (Å²) in [6.07, 6.45) is 1.34. The summed E-state index contributed by atoms with van der Waals surface area (Å²) >= 11 is 0. The van der Waals surface area contributed by atoms with Crippen molar-refractivity contribution in [3.05, 3.63) is 88.7 Å². The highest BCUT2D eigenvalue weighted by Gasteiger charge is 2.35. The maximum Gasteiger partial charge on any atom is 0.227 e. The normalized spacial score (nSPS) is 15.8. The molecule has 4 aromatic rings. The van der Waals surface area contributed by atoms with Crippen LogP contribution in [0.4, 0.5) is 5.69 Å². The first-order valence-electron chi connectivity index (χ1n) is 12.4. The van der Waals surface area contributed by atoms with E-state index >= 15 is 0 Å². The van der Waals surface area contributed by atoms with Crippen LogP contribution in [-0.2, 0) is 11.3 Å². The van der Waals surface area contributed by atoms with E-state index in [1.807, 2.05) is 17.0 Å². The molecule has 35 heavy (non-hydrogen) atoms. The zero-order valence-electron chi connectivity index (χ0n) is 21.0. The molecule has 1 unspecified atom stereocenters. The molecular formula is C30H33N3O2. The Kier molecular flexibility index (Phi) is 6.33. The number of ether oxygens (including phenoxy) is 1. The third-order valence-electron chi connectivity index (χ3n) is 7.10. The van der Waals surface area contributed by atoms with Gasteiger partial charge < -0.3 is 14.2 Å². The average molecular weight is 468 g/mol. The summed E-state index contributed by atoms with van der Waals surface area (Å²) in [5.74, 6) is 2.14. The van der Waals surface area contributed by atoms with Crippen LogP contribution in [0.1, 0.15) is 46.8 Å². The van der Waals surface area contributed by atoms with Gasteiger partial charge in [-0.2, -0.15) is 0 Å². The minimum absolute atomic E-state index is 0.0653. The molecule has 1 aliphatic rings. The zero-order chi connectivity index (χ0) is 24.5. The van der Waals surface area contributed by atoms with E-state index in [4.69, 9.17) is 9.72 Å². The molecule has 0 N–H and O–H groups in total. The van der Waals surface area contributed by atoms with Crippen LogP contribution in [0, 0.1) is 27.7 Å². The molecule has 1 amide bonds. The summed E-state index contributed by atoms with van der Waals surface area (Å²) in [7, 11) is 0. The van der Waals surface area contributed by atoms with Crippen molar-refractivity contribution >= 4 is 22.6 Å². The second-order valence-corrected chi connectivity index (χ2v) is 9.75. The van der Waals surface area contributed by atoms with Crippen molar-refractivity contribution in [1.82, 2.24) is 9.55 Å². The van der Waals surface area contributed by atoms with E-state index in [1.165, 1.54) is 11.1 Å². The molecule has 0 saturated carbocycles. The van der Waals surface area contributed by atoms with Crippen molar-refractivity contribution in [3.63, 3.8) is 0 Å². The second-order valence-electron chi connectivity index (χ2n) is 9.75. The molecule has 5 nitrogen and oxygen atoms in total. The predicted octanol–water partition coefficient (Wildman–Crippen LogP) is 6.26. The Labute approximate surface area is 207 Å². The Balaban J connectivity index is 1.35. The quantitative estimate of drug-likeness (QED) is 0.301. The van der Waals surface area contributed by atoms with Crippen LogP contribution >= 0.6 is 0 Å². The first-order chi connectivity index (χ1) is 16.9. The Bertz CT molecular complexity index is 1390. The lowest BCUT2D eigenvalue weighted by atomic mass is 10.1. The fourth-order valence-electron chi connectivity index (χ4n) is 4.98. The number of benzene rings is 3.